The molecule has 1 aliphatic rings. The normalized spacial score (nSPS) is 14.6. The van der Waals surface area contributed by atoms with Crippen molar-refractivity contribution in [1.82, 2.24) is 10.6 Å². The minimum atomic E-state index is -0.261. The highest BCUT2D eigenvalue weighted by atomic mass is 35.5. The zero-order valence-corrected chi connectivity index (χ0v) is 13.1. The van der Waals surface area contributed by atoms with Crippen LogP contribution in [-0.2, 0) is 11.3 Å². The fraction of sp³-hybridized carbons (Fsp3) is 0.533. The summed E-state index contributed by atoms with van der Waals surface area (Å²) in [6.07, 6.45) is 0.927. The Morgan fingerprint density at radius 1 is 1.38 bits per heavy atom. The number of fused-ring (bicyclic) bond motifs is 1. The fourth-order valence-corrected chi connectivity index (χ4v) is 2.32. The van der Waals surface area contributed by atoms with E-state index < -0.39 is 0 Å². The quantitative estimate of drug-likeness (QED) is 0.844. The van der Waals surface area contributed by atoms with E-state index in [2.05, 4.69) is 10.6 Å². The Kier molecular flexibility index (Phi) is 5.70. The van der Waals surface area contributed by atoms with Crippen LogP contribution in [0, 0.1) is 0 Å². The van der Waals surface area contributed by atoms with E-state index in [0.717, 1.165) is 12.0 Å². The highest BCUT2D eigenvalue weighted by Crippen LogP contribution is 2.38. The van der Waals surface area contributed by atoms with Crippen LogP contribution in [-0.4, -0.2) is 31.7 Å². The average molecular weight is 313 g/mol. The number of benzene rings is 1. The van der Waals surface area contributed by atoms with Crippen molar-refractivity contribution in [2.24, 2.45) is 0 Å². The molecular weight excluding hydrogens is 292 g/mol. The van der Waals surface area contributed by atoms with E-state index in [1.54, 1.807) is 0 Å². The smallest absolute Gasteiger partial charge is 0.236 e. The number of hydrogen-bond acceptors (Lipinski definition) is 4. The first-order valence-corrected chi connectivity index (χ1v) is 7.58. The summed E-state index contributed by atoms with van der Waals surface area (Å²) >= 11 is 6.18. The van der Waals surface area contributed by atoms with Gasteiger partial charge in [-0.05, 0) is 31.0 Å². The zero-order chi connectivity index (χ0) is 15.2. The van der Waals surface area contributed by atoms with Crippen LogP contribution in [0.4, 0.5) is 0 Å². The summed E-state index contributed by atoms with van der Waals surface area (Å²) in [5.41, 5.74) is 0.958. The number of halogens is 1. The minimum Gasteiger partial charge on any atom is -0.486 e. The van der Waals surface area contributed by atoms with Crippen molar-refractivity contribution in [3.63, 3.8) is 0 Å². The average Bonchev–Trinajstić information content (AvgIpc) is 2.50. The van der Waals surface area contributed by atoms with Gasteiger partial charge in [-0.25, -0.2) is 0 Å². The maximum Gasteiger partial charge on any atom is 0.236 e. The molecule has 6 heteroatoms. The highest BCUT2D eigenvalue weighted by Gasteiger charge is 2.17. The lowest BCUT2D eigenvalue weighted by molar-refractivity contribution is -0.122. The molecule has 0 fully saturated rings. The first-order chi connectivity index (χ1) is 10.1. The van der Waals surface area contributed by atoms with Crippen molar-refractivity contribution in [3.05, 3.63) is 22.7 Å². The zero-order valence-electron chi connectivity index (χ0n) is 12.4. The monoisotopic (exact) mass is 312 g/mol. The molecule has 1 atom stereocenters. The van der Waals surface area contributed by atoms with Crippen molar-refractivity contribution in [3.8, 4) is 11.5 Å². The third-order valence-corrected chi connectivity index (χ3v) is 3.49. The Balaban J connectivity index is 1.94. The largest absolute Gasteiger partial charge is 0.486 e. The molecule has 0 spiro atoms. The van der Waals surface area contributed by atoms with Crippen molar-refractivity contribution in [2.75, 3.05) is 19.8 Å². The van der Waals surface area contributed by atoms with Crippen molar-refractivity contribution in [1.29, 1.82) is 0 Å². The van der Waals surface area contributed by atoms with Crippen LogP contribution < -0.4 is 20.1 Å². The molecule has 2 N–H and O–H groups in total. The number of carbonyl (C=O) groups is 1. The van der Waals surface area contributed by atoms with E-state index in [-0.39, 0.29) is 11.9 Å². The van der Waals surface area contributed by atoms with E-state index in [4.69, 9.17) is 21.1 Å². The van der Waals surface area contributed by atoms with Crippen molar-refractivity contribution in [2.45, 2.75) is 32.9 Å². The summed E-state index contributed by atoms with van der Waals surface area (Å²) in [6.45, 7) is 6.13. The molecule has 116 valence electrons. The van der Waals surface area contributed by atoms with Crippen molar-refractivity contribution >= 4 is 17.5 Å². The Morgan fingerprint density at radius 2 is 2.14 bits per heavy atom. The Hall–Kier alpha value is -1.46. The second-order valence-corrected chi connectivity index (χ2v) is 5.40. The summed E-state index contributed by atoms with van der Waals surface area (Å²) in [7, 11) is 0. The number of nitrogens with one attached hydrogen (secondary N) is 2. The molecule has 1 heterocycles. The standard InChI is InChI=1S/C15H21ClN2O3/c1-3-4-17-15(19)10(2)18-9-11-7-12(16)14-13(8-11)20-5-6-21-14/h7-8,10,18H,3-6,9H2,1-2H3,(H,17,19). The number of rotatable bonds is 6. The molecule has 1 amide bonds. The molecule has 0 saturated heterocycles. The van der Waals surface area contributed by atoms with E-state index in [0.29, 0.717) is 42.8 Å². The van der Waals surface area contributed by atoms with Gasteiger partial charge in [-0.15, -0.1) is 0 Å². The van der Waals surface area contributed by atoms with Gasteiger partial charge in [0.25, 0.3) is 0 Å². The first-order valence-electron chi connectivity index (χ1n) is 7.21. The summed E-state index contributed by atoms with van der Waals surface area (Å²) < 4.78 is 11.0. The van der Waals surface area contributed by atoms with E-state index in [1.807, 2.05) is 26.0 Å². The fourth-order valence-electron chi connectivity index (χ4n) is 2.03. The molecular formula is C15H21ClN2O3. The van der Waals surface area contributed by atoms with Gasteiger partial charge in [0.1, 0.15) is 13.2 Å². The van der Waals surface area contributed by atoms with Crippen LogP contribution in [0.25, 0.3) is 0 Å². The molecule has 5 nitrogen and oxygen atoms in total. The minimum absolute atomic E-state index is 0.000454. The molecule has 2 rings (SSSR count). The van der Waals surface area contributed by atoms with Crippen LogP contribution in [0.15, 0.2) is 12.1 Å². The Morgan fingerprint density at radius 3 is 2.90 bits per heavy atom. The summed E-state index contributed by atoms with van der Waals surface area (Å²) in [5, 5.41) is 6.57. The molecule has 0 bridgehead atoms. The Bertz CT molecular complexity index is 508. The summed E-state index contributed by atoms with van der Waals surface area (Å²) in [4.78, 5) is 11.8. The molecule has 1 aromatic rings. The van der Waals surface area contributed by atoms with Crippen LogP contribution in [0.2, 0.25) is 5.02 Å². The van der Waals surface area contributed by atoms with E-state index >= 15 is 0 Å². The third kappa shape index (κ3) is 4.25. The lowest BCUT2D eigenvalue weighted by atomic mass is 10.1. The van der Waals surface area contributed by atoms with Crippen LogP contribution in [0.1, 0.15) is 25.8 Å². The maximum atomic E-state index is 11.8. The highest BCUT2D eigenvalue weighted by molar-refractivity contribution is 6.32. The predicted molar refractivity (Wildman–Crippen MR) is 82.0 cm³/mol. The number of ether oxygens (including phenoxy) is 2. The van der Waals surface area contributed by atoms with Gasteiger partial charge in [-0.3, -0.25) is 4.79 Å². The number of amides is 1. The predicted octanol–water partition coefficient (Wildman–Crippen LogP) is 2.12. The second kappa shape index (κ2) is 7.52. The number of carbonyl (C=O) groups excluding carboxylic acids is 1. The summed E-state index contributed by atoms with van der Waals surface area (Å²) in [5.74, 6) is 1.26. The third-order valence-electron chi connectivity index (χ3n) is 3.21. The molecule has 0 aliphatic carbocycles. The lowest BCUT2D eigenvalue weighted by Crippen LogP contribution is -2.42. The molecule has 0 radical (unpaired) electrons. The van der Waals surface area contributed by atoms with E-state index in [9.17, 15) is 4.79 Å². The van der Waals surface area contributed by atoms with Gasteiger partial charge in [0.2, 0.25) is 5.91 Å². The molecule has 0 aromatic heterocycles. The molecule has 1 aliphatic heterocycles. The van der Waals surface area contributed by atoms with Crippen molar-refractivity contribution < 1.29 is 14.3 Å². The summed E-state index contributed by atoms with van der Waals surface area (Å²) in [6, 6.07) is 3.46. The van der Waals surface area contributed by atoms with Gasteiger partial charge in [0.05, 0.1) is 11.1 Å². The van der Waals surface area contributed by atoms with Gasteiger partial charge in [0.15, 0.2) is 11.5 Å². The van der Waals surface area contributed by atoms with E-state index in [1.165, 1.54) is 0 Å². The molecule has 1 unspecified atom stereocenters. The molecule has 1 aromatic carbocycles. The van der Waals surface area contributed by atoms with Gasteiger partial charge < -0.3 is 20.1 Å². The molecule has 21 heavy (non-hydrogen) atoms. The van der Waals surface area contributed by atoms with Gasteiger partial charge in [0, 0.05) is 13.1 Å². The molecule has 0 saturated carbocycles. The maximum absolute atomic E-state index is 11.8. The van der Waals surface area contributed by atoms with Gasteiger partial charge in [-0.2, -0.15) is 0 Å². The van der Waals surface area contributed by atoms with Crippen LogP contribution >= 0.6 is 11.6 Å². The topological polar surface area (TPSA) is 59.6 Å². The van der Waals surface area contributed by atoms with Crippen LogP contribution in [0.5, 0.6) is 11.5 Å². The lowest BCUT2D eigenvalue weighted by Gasteiger charge is -2.21. The second-order valence-electron chi connectivity index (χ2n) is 5.00. The SMILES string of the molecule is CCCNC(=O)C(C)NCc1cc(Cl)c2c(c1)OCCO2. The first kappa shape index (κ1) is 15.9. The van der Waals surface area contributed by atoms with Gasteiger partial charge >= 0.3 is 0 Å². The Labute approximate surface area is 130 Å². The van der Waals surface area contributed by atoms with Crippen LogP contribution in [0.3, 0.4) is 0 Å². The van der Waals surface area contributed by atoms with Gasteiger partial charge in [-0.1, -0.05) is 18.5 Å². The number of hydrogen-bond donors (Lipinski definition) is 2.